The molecule has 4 aromatic rings. The number of para-hydroxylation sites is 2. The van der Waals surface area contributed by atoms with E-state index < -0.39 is 11.7 Å². The highest BCUT2D eigenvalue weighted by molar-refractivity contribution is 7.99. The Hall–Kier alpha value is -3.53. The average molecular weight is 438 g/mol. The second-order valence-corrected chi connectivity index (χ2v) is 8.20. The molecule has 0 bridgehead atoms. The van der Waals surface area contributed by atoms with E-state index >= 15 is 0 Å². The zero-order valence-corrected chi connectivity index (χ0v) is 17.6. The minimum atomic E-state index is -0.504. The molecule has 2 aromatic carbocycles. The van der Waals surface area contributed by atoms with E-state index in [1.807, 2.05) is 13.0 Å². The number of hydrogen-bond donors (Lipinski definition) is 2. The molecule has 10 heteroatoms. The van der Waals surface area contributed by atoms with Crippen LogP contribution in [0.15, 0.2) is 58.5 Å². The number of amides is 1. The highest BCUT2D eigenvalue weighted by atomic mass is 32.2. The van der Waals surface area contributed by atoms with Crippen LogP contribution in [0.3, 0.4) is 0 Å². The first-order chi connectivity index (χ1) is 14.9. The minimum absolute atomic E-state index is 0.0577. The standard InChI is InChI=1S/C21H19FN6O2S/c1-12(19-24-15-9-5-3-7-13(15)20(30)25-19)31-21-27-26-17(28(21)2)11-18(29)23-16-10-6-4-8-14(16)22/h3-10,12H,11H2,1-2H3,(H,23,29)(H,24,25,30)/t12-/m1/s1. The van der Waals surface area contributed by atoms with E-state index in [4.69, 9.17) is 0 Å². The number of aromatic nitrogens is 5. The van der Waals surface area contributed by atoms with Crippen molar-refractivity contribution in [3.63, 3.8) is 0 Å². The number of thioether (sulfide) groups is 1. The molecule has 8 nitrogen and oxygen atoms in total. The Labute approximate surface area is 180 Å². The maximum Gasteiger partial charge on any atom is 0.258 e. The number of nitrogens with one attached hydrogen (secondary N) is 2. The van der Waals surface area contributed by atoms with Gasteiger partial charge in [-0.05, 0) is 31.2 Å². The molecule has 0 aliphatic carbocycles. The Balaban J connectivity index is 1.47. The molecule has 0 aliphatic heterocycles. The van der Waals surface area contributed by atoms with Gasteiger partial charge in [-0.3, -0.25) is 9.59 Å². The number of aromatic amines is 1. The molecule has 31 heavy (non-hydrogen) atoms. The monoisotopic (exact) mass is 438 g/mol. The third kappa shape index (κ3) is 4.48. The van der Waals surface area contributed by atoms with Crippen LogP contribution < -0.4 is 10.9 Å². The zero-order valence-electron chi connectivity index (χ0n) is 16.8. The van der Waals surface area contributed by atoms with Crippen LogP contribution in [0, 0.1) is 5.82 Å². The molecule has 0 saturated heterocycles. The Morgan fingerprint density at radius 3 is 2.74 bits per heavy atom. The topological polar surface area (TPSA) is 106 Å². The van der Waals surface area contributed by atoms with Gasteiger partial charge < -0.3 is 14.9 Å². The van der Waals surface area contributed by atoms with Crippen LogP contribution in [-0.4, -0.2) is 30.6 Å². The molecule has 2 N–H and O–H groups in total. The van der Waals surface area contributed by atoms with Crippen molar-refractivity contribution in [3.8, 4) is 0 Å². The van der Waals surface area contributed by atoms with Gasteiger partial charge in [-0.15, -0.1) is 10.2 Å². The smallest absolute Gasteiger partial charge is 0.258 e. The lowest BCUT2D eigenvalue weighted by atomic mass is 10.2. The van der Waals surface area contributed by atoms with Crippen LogP contribution in [0.2, 0.25) is 0 Å². The fraction of sp³-hybridized carbons (Fsp3) is 0.190. The van der Waals surface area contributed by atoms with Crippen LogP contribution in [-0.2, 0) is 18.3 Å². The van der Waals surface area contributed by atoms with Gasteiger partial charge >= 0.3 is 0 Å². The van der Waals surface area contributed by atoms with Gasteiger partial charge in [0.1, 0.15) is 17.5 Å². The SMILES string of the molecule is C[C@@H](Sc1nnc(CC(=O)Nc2ccccc2F)n1C)c1nc2ccccc2c(=O)[nH]1. The molecule has 2 aromatic heterocycles. The first-order valence-corrected chi connectivity index (χ1v) is 10.4. The van der Waals surface area contributed by atoms with Crippen molar-refractivity contribution in [2.24, 2.45) is 7.05 Å². The number of fused-ring (bicyclic) bond motifs is 1. The van der Waals surface area contributed by atoms with E-state index in [1.54, 1.807) is 41.9 Å². The average Bonchev–Trinajstić information content (AvgIpc) is 3.09. The lowest BCUT2D eigenvalue weighted by Gasteiger charge is -2.11. The molecule has 1 amide bonds. The first-order valence-electron chi connectivity index (χ1n) is 9.50. The molecule has 0 spiro atoms. The number of H-pyrrole nitrogens is 1. The van der Waals surface area contributed by atoms with Crippen molar-refractivity contribution in [3.05, 3.63) is 76.4 Å². The summed E-state index contributed by atoms with van der Waals surface area (Å²) in [6, 6.07) is 13.1. The Bertz CT molecular complexity index is 1320. The summed E-state index contributed by atoms with van der Waals surface area (Å²) in [7, 11) is 1.75. The van der Waals surface area contributed by atoms with E-state index in [9.17, 15) is 14.0 Å². The predicted octanol–water partition coefficient (Wildman–Crippen LogP) is 3.23. The van der Waals surface area contributed by atoms with E-state index in [0.29, 0.717) is 27.7 Å². The first kappa shape index (κ1) is 20.7. The number of anilines is 1. The summed E-state index contributed by atoms with van der Waals surface area (Å²) >= 11 is 1.36. The predicted molar refractivity (Wildman–Crippen MR) is 116 cm³/mol. The lowest BCUT2D eigenvalue weighted by Crippen LogP contribution is -2.17. The molecule has 1 atom stereocenters. The number of nitrogens with zero attached hydrogens (tertiary/aromatic N) is 4. The lowest BCUT2D eigenvalue weighted by molar-refractivity contribution is -0.115. The Morgan fingerprint density at radius 1 is 1.19 bits per heavy atom. The molecule has 0 aliphatic rings. The Kier molecular flexibility index (Phi) is 5.81. The Morgan fingerprint density at radius 2 is 1.94 bits per heavy atom. The van der Waals surface area contributed by atoms with E-state index in [1.165, 1.54) is 23.9 Å². The van der Waals surface area contributed by atoms with E-state index in [-0.39, 0.29) is 22.9 Å². The fourth-order valence-corrected chi connectivity index (χ4v) is 3.90. The number of carbonyl (C=O) groups is 1. The summed E-state index contributed by atoms with van der Waals surface area (Å²) in [5.41, 5.74) is 0.540. The number of hydrogen-bond acceptors (Lipinski definition) is 6. The molecule has 0 saturated carbocycles. The summed E-state index contributed by atoms with van der Waals surface area (Å²) < 4.78 is 15.4. The van der Waals surface area contributed by atoms with Gasteiger partial charge in [0.15, 0.2) is 5.16 Å². The van der Waals surface area contributed by atoms with Crippen LogP contribution in [0.1, 0.15) is 23.8 Å². The van der Waals surface area contributed by atoms with Crippen molar-refractivity contribution < 1.29 is 9.18 Å². The van der Waals surface area contributed by atoms with Gasteiger partial charge in [0, 0.05) is 7.05 Å². The molecular formula is C21H19FN6O2S. The molecular weight excluding hydrogens is 419 g/mol. The quantitative estimate of drug-likeness (QED) is 0.448. The maximum absolute atomic E-state index is 13.7. The van der Waals surface area contributed by atoms with E-state index in [2.05, 4.69) is 25.5 Å². The largest absolute Gasteiger partial charge is 0.323 e. The van der Waals surface area contributed by atoms with Crippen molar-refractivity contribution in [1.29, 1.82) is 0 Å². The van der Waals surface area contributed by atoms with Crippen molar-refractivity contribution >= 4 is 34.3 Å². The van der Waals surface area contributed by atoms with Crippen LogP contribution in [0.4, 0.5) is 10.1 Å². The molecule has 158 valence electrons. The number of carbonyl (C=O) groups excluding carboxylic acids is 1. The summed E-state index contributed by atoms with van der Waals surface area (Å²) in [6.45, 7) is 1.90. The summed E-state index contributed by atoms with van der Waals surface area (Å²) in [6.07, 6.45) is -0.0577. The van der Waals surface area contributed by atoms with Gasteiger partial charge in [-0.1, -0.05) is 36.0 Å². The van der Waals surface area contributed by atoms with Crippen LogP contribution in [0.25, 0.3) is 10.9 Å². The number of rotatable bonds is 6. The van der Waals surface area contributed by atoms with Gasteiger partial charge in [0.2, 0.25) is 5.91 Å². The summed E-state index contributed by atoms with van der Waals surface area (Å²) in [5.74, 6) is 0.0561. The molecule has 0 radical (unpaired) electrons. The highest BCUT2D eigenvalue weighted by Crippen LogP contribution is 2.31. The second-order valence-electron chi connectivity index (χ2n) is 6.89. The van der Waals surface area contributed by atoms with Crippen LogP contribution in [0.5, 0.6) is 0 Å². The van der Waals surface area contributed by atoms with Gasteiger partial charge in [0.05, 0.1) is 28.3 Å². The van der Waals surface area contributed by atoms with Crippen LogP contribution >= 0.6 is 11.8 Å². The molecule has 2 heterocycles. The third-order valence-corrected chi connectivity index (χ3v) is 5.83. The fourth-order valence-electron chi connectivity index (χ4n) is 3.01. The van der Waals surface area contributed by atoms with Crippen molar-refractivity contribution in [1.82, 2.24) is 24.7 Å². The number of halogens is 1. The molecule has 4 rings (SSSR count). The van der Waals surface area contributed by atoms with E-state index in [0.717, 1.165) is 0 Å². The van der Waals surface area contributed by atoms with Crippen molar-refractivity contribution in [2.75, 3.05) is 5.32 Å². The van der Waals surface area contributed by atoms with Crippen molar-refractivity contribution in [2.45, 2.75) is 23.8 Å². The summed E-state index contributed by atoms with van der Waals surface area (Å²) in [5, 5.41) is 11.6. The number of benzene rings is 2. The highest BCUT2D eigenvalue weighted by Gasteiger charge is 2.19. The maximum atomic E-state index is 13.7. The van der Waals surface area contributed by atoms with Gasteiger partial charge in [0.25, 0.3) is 5.56 Å². The van der Waals surface area contributed by atoms with Gasteiger partial charge in [-0.2, -0.15) is 0 Å². The molecule has 0 fully saturated rings. The summed E-state index contributed by atoms with van der Waals surface area (Å²) in [4.78, 5) is 32.0. The van der Waals surface area contributed by atoms with Gasteiger partial charge in [-0.25, -0.2) is 9.37 Å². The zero-order chi connectivity index (χ0) is 22.0. The third-order valence-electron chi connectivity index (χ3n) is 4.69. The molecule has 0 unspecified atom stereocenters. The second kappa shape index (κ2) is 8.68. The minimum Gasteiger partial charge on any atom is -0.323 e. The normalized spacial score (nSPS) is 12.1.